The zero-order valence-electron chi connectivity index (χ0n) is 23.3. The maximum absolute atomic E-state index is 11.7. The van der Waals surface area contributed by atoms with E-state index in [1.54, 1.807) is 0 Å². The van der Waals surface area contributed by atoms with Crippen molar-refractivity contribution in [1.29, 1.82) is 0 Å². The predicted octanol–water partition coefficient (Wildman–Crippen LogP) is 8.63. The predicted molar refractivity (Wildman–Crippen MR) is 168 cm³/mol. The second-order valence-corrected chi connectivity index (χ2v) is 14.4. The summed E-state index contributed by atoms with van der Waals surface area (Å²) in [6.07, 6.45) is 6.88. The number of hydrogen-bond donors (Lipinski definition) is 1. The molecule has 6 aromatic rings. The van der Waals surface area contributed by atoms with Gasteiger partial charge in [0.2, 0.25) is 0 Å². The molecule has 0 aliphatic carbocycles. The third-order valence-corrected chi connectivity index (χ3v) is 12.5. The molecule has 0 unspecified atom stereocenters. The van der Waals surface area contributed by atoms with Gasteiger partial charge in [-0.2, -0.15) is 0 Å². The Bertz CT molecular complexity index is 1810. The molecule has 3 heterocycles. The van der Waals surface area contributed by atoms with Gasteiger partial charge in [-0.05, 0) is 25.7 Å². The summed E-state index contributed by atoms with van der Waals surface area (Å²) >= 11 is 0.680. The first kappa shape index (κ1) is 30.9. The van der Waals surface area contributed by atoms with E-state index in [0.29, 0.717) is 14.5 Å². The third-order valence-electron chi connectivity index (χ3n) is 7.71. The number of benzene rings is 3. The first-order valence-corrected chi connectivity index (χ1v) is 17.3. The summed E-state index contributed by atoms with van der Waals surface area (Å²) in [6.45, 7) is 8.07. The van der Waals surface area contributed by atoms with Crippen molar-refractivity contribution in [3.63, 3.8) is 0 Å². The molecule has 0 amide bonds. The van der Waals surface area contributed by atoms with E-state index in [1.807, 2.05) is 33.9 Å². The van der Waals surface area contributed by atoms with Gasteiger partial charge in [-0.1, -0.05) is 27.7 Å². The molecule has 3 nitrogen and oxygen atoms in total. The summed E-state index contributed by atoms with van der Waals surface area (Å²) in [7, 11) is 0. The van der Waals surface area contributed by atoms with Gasteiger partial charge >= 0.3 is 150 Å². The van der Waals surface area contributed by atoms with E-state index in [0.717, 1.165) is 31.2 Å². The summed E-state index contributed by atoms with van der Waals surface area (Å²) in [5.41, 5.74) is 1.14. The summed E-state index contributed by atoms with van der Waals surface area (Å²) in [5, 5.41) is 16.5. The number of pyridine rings is 1. The molecule has 1 radical (unpaired) electrons. The zero-order valence-corrected chi connectivity index (χ0v) is 29.1. The van der Waals surface area contributed by atoms with E-state index in [1.165, 1.54) is 50.0 Å². The molecule has 1 N–H and O–H groups in total. The van der Waals surface area contributed by atoms with Crippen LogP contribution in [0.1, 0.15) is 53.4 Å². The van der Waals surface area contributed by atoms with Crippen LogP contribution < -0.4 is 0 Å². The Morgan fingerprint density at radius 2 is 1.52 bits per heavy atom. The minimum atomic E-state index is 0. The summed E-state index contributed by atoms with van der Waals surface area (Å²) < 4.78 is 5.92. The van der Waals surface area contributed by atoms with Gasteiger partial charge in [-0.25, -0.2) is 0 Å². The molecular formula is C34H34IrNO2Se2-. The molecule has 0 bridgehead atoms. The topological polar surface area (TPSA) is 50.2 Å². The van der Waals surface area contributed by atoms with Crippen LogP contribution in [0.4, 0.5) is 0 Å². The van der Waals surface area contributed by atoms with Gasteiger partial charge in [0.05, 0.1) is 5.76 Å². The normalized spacial score (nSPS) is 12.0. The van der Waals surface area contributed by atoms with Crippen LogP contribution in [-0.4, -0.2) is 44.9 Å². The number of carbonyl (C=O) groups excluding carboxylic acids is 1. The van der Waals surface area contributed by atoms with Crippen molar-refractivity contribution in [2.75, 3.05) is 0 Å². The Balaban J connectivity index is 0.000000204. The van der Waals surface area contributed by atoms with Gasteiger partial charge in [0.1, 0.15) is 0 Å². The summed E-state index contributed by atoms with van der Waals surface area (Å²) in [5.74, 6) is 0.547. The zero-order chi connectivity index (χ0) is 27.5. The van der Waals surface area contributed by atoms with Crippen molar-refractivity contribution in [3.8, 4) is 0 Å². The number of carbonyl (C=O) groups is 1. The molecule has 0 aliphatic rings. The number of aromatic nitrogens is 1. The van der Waals surface area contributed by atoms with Crippen LogP contribution in [-0.2, 0) is 24.9 Å². The standard InChI is InChI=1S/C21H10NSe2.C13H24O2.Ir/c1-2-5-13-12(4-1)8-9-14-20-19-17(10-11-22-20)23-15-6-3-7-16(18(15)19)24-21(13)14;1-5-10(6-2)12(14)9-13(15)11(7-3)8-4;/h1-8,10-11H;9-11,14H,5-8H2,1-4H3;/q-1;;/b;12-9-;. The molecule has 0 atom stereocenters. The van der Waals surface area contributed by atoms with Crippen molar-refractivity contribution in [2.45, 2.75) is 53.4 Å². The second kappa shape index (κ2) is 13.8. The fourth-order valence-corrected chi connectivity index (χ4v) is 10.6. The van der Waals surface area contributed by atoms with E-state index in [9.17, 15) is 9.90 Å². The Morgan fingerprint density at radius 3 is 2.23 bits per heavy atom. The Hall–Kier alpha value is -2.03. The number of allylic oxidation sites excluding steroid dienone is 2. The van der Waals surface area contributed by atoms with Crippen LogP contribution in [0.15, 0.2) is 72.6 Å². The fourth-order valence-electron chi connectivity index (χ4n) is 5.36. The molecule has 3 aromatic heterocycles. The number of ketones is 1. The Morgan fingerprint density at radius 1 is 0.875 bits per heavy atom. The van der Waals surface area contributed by atoms with Gasteiger partial charge in [0.15, 0.2) is 5.78 Å². The Kier molecular flexibility index (Phi) is 10.6. The van der Waals surface area contributed by atoms with Gasteiger partial charge in [0, 0.05) is 38.0 Å². The van der Waals surface area contributed by atoms with E-state index < -0.39 is 0 Å². The van der Waals surface area contributed by atoms with Crippen molar-refractivity contribution in [2.24, 2.45) is 11.8 Å². The molecule has 0 aliphatic heterocycles. The quantitative estimate of drug-likeness (QED) is 0.0759. The molecule has 0 spiro atoms. The summed E-state index contributed by atoms with van der Waals surface area (Å²) in [6, 6.07) is 23.4. The molecule has 40 heavy (non-hydrogen) atoms. The molecule has 3 aromatic carbocycles. The van der Waals surface area contributed by atoms with E-state index in [4.69, 9.17) is 4.98 Å². The van der Waals surface area contributed by atoms with E-state index in [-0.39, 0.29) is 58.0 Å². The van der Waals surface area contributed by atoms with Crippen molar-refractivity contribution in [1.82, 2.24) is 4.98 Å². The number of nitrogens with zero attached hydrogens (tertiary/aromatic N) is 1. The number of fused-ring (bicyclic) bond motifs is 4. The number of aliphatic hydroxyl groups excluding tert-OH is 1. The molecule has 6 heteroatoms. The number of hydrogen-bond acceptors (Lipinski definition) is 3. The molecule has 0 fully saturated rings. The van der Waals surface area contributed by atoms with Crippen LogP contribution >= 0.6 is 0 Å². The average molecular weight is 839 g/mol. The van der Waals surface area contributed by atoms with Gasteiger partial charge in [-0.15, -0.1) is 0 Å². The van der Waals surface area contributed by atoms with Crippen LogP contribution in [0.5, 0.6) is 0 Å². The Labute approximate surface area is 261 Å². The van der Waals surface area contributed by atoms with E-state index >= 15 is 0 Å². The fraction of sp³-hybridized carbons (Fsp3) is 0.294. The van der Waals surface area contributed by atoms with Gasteiger partial charge < -0.3 is 5.11 Å². The van der Waals surface area contributed by atoms with Gasteiger partial charge in [-0.3, -0.25) is 4.79 Å². The average Bonchev–Trinajstić information content (AvgIpc) is 3.27. The third kappa shape index (κ3) is 5.95. The molecule has 0 saturated carbocycles. The second-order valence-electron chi connectivity index (χ2n) is 9.94. The molecule has 0 saturated heterocycles. The molecule has 6 rings (SSSR count). The molecular weight excluding hydrogens is 805 g/mol. The van der Waals surface area contributed by atoms with Crippen LogP contribution in [0.25, 0.3) is 49.5 Å². The van der Waals surface area contributed by atoms with Gasteiger partial charge in [0.25, 0.3) is 0 Å². The van der Waals surface area contributed by atoms with Crippen LogP contribution in [0.3, 0.4) is 0 Å². The van der Waals surface area contributed by atoms with Crippen molar-refractivity contribution in [3.05, 3.63) is 78.7 Å². The van der Waals surface area contributed by atoms with Crippen molar-refractivity contribution < 1.29 is 30.0 Å². The van der Waals surface area contributed by atoms with Crippen LogP contribution in [0.2, 0.25) is 0 Å². The monoisotopic (exact) mass is 841 g/mol. The first-order valence-electron chi connectivity index (χ1n) is 13.9. The molecule has 209 valence electrons. The maximum atomic E-state index is 11.7. The first-order chi connectivity index (χ1) is 19.0. The van der Waals surface area contributed by atoms with Crippen molar-refractivity contribution >= 4 is 84.3 Å². The SMILES string of the molecule is CCC(CC)C(=O)/C=C(\O)C(CC)CC.[Ir].[c-]1cc2ccccc2c2[se]c3cccc4[se]c5ccnc(c12)c5c43. The number of aliphatic hydroxyl groups is 1. The van der Waals surface area contributed by atoms with Crippen LogP contribution in [0, 0.1) is 17.9 Å². The summed E-state index contributed by atoms with van der Waals surface area (Å²) in [4.78, 5) is 16.5. The minimum absolute atomic E-state index is 0. The number of rotatable bonds is 7. The van der Waals surface area contributed by atoms with E-state index in [2.05, 4.69) is 60.7 Å².